The van der Waals surface area contributed by atoms with E-state index >= 15 is 0 Å². The van der Waals surface area contributed by atoms with Crippen molar-refractivity contribution >= 4 is 34.1 Å². The molecular formula is C25H23N3O3. The summed E-state index contributed by atoms with van der Waals surface area (Å²) in [6.45, 7) is 2.51. The van der Waals surface area contributed by atoms with Gasteiger partial charge >= 0.3 is 0 Å². The summed E-state index contributed by atoms with van der Waals surface area (Å²) in [6, 6.07) is 21.9. The Morgan fingerprint density at radius 3 is 2.29 bits per heavy atom. The second-order valence-electron chi connectivity index (χ2n) is 7.07. The maximum Gasteiger partial charge on any atom is 0.255 e. The molecule has 31 heavy (non-hydrogen) atoms. The van der Waals surface area contributed by atoms with Crippen LogP contribution in [0, 0.1) is 0 Å². The SMILES string of the molecule is CCOc1ccc(NC(=O)c2ccc(NC(=O)Cc3c[nH]c4ccccc34)cc2)cc1. The summed E-state index contributed by atoms with van der Waals surface area (Å²) < 4.78 is 5.40. The van der Waals surface area contributed by atoms with Crippen LogP contribution in [-0.2, 0) is 11.2 Å². The van der Waals surface area contributed by atoms with Crippen LogP contribution in [0.3, 0.4) is 0 Å². The summed E-state index contributed by atoms with van der Waals surface area (Å²) in [6.07, 6.45) is 2.13. The number of para-hydroxylation sites is 1. The highest BCUT2D eigenvalue weighted by molar-refractivity contribution is 6.04. The Morgan fingerprint density at radius 1 is 0.871 bits per heavy atom. The number of aromatic nitrogens is 1. The van der Waals surface area contributed by atoms with Crippen LogP contribution in [0.1, 0.15) is 22.8 Å². The Balaban J connectivity index is 1.35. The Bertz CT molecular complexity index is 1190. The molecule has 2 amide bonds. The number of hydrogen-bond acceptors (Lipinski definition) is 3. The van der Waals surface area contributed by atoms with E-state index in [-0.39, 0.29) is 18.2 Å². The molecule has 0 aliphatic heterocycles. The van der Waals surface area contributed by atoms with Crippen LogP contribution in [0.4, 0.5) is 11.4 Å². The molecule has 1 aromatic heterocycles. The van der Waals surface area contributed by atoms with E-state index in [0.29, 0.717) is 23.5 Å². The first-order valence-corrected chi connectivity index (χ1v) is 10.1. The minimum Gasteiger partial charge on any atom is -0.494 e. The summed E-state index contributed by atoms with van der Waals surface area (Å²) in [5.41, 5.74) is 3.78. The Hall–Kier alpha value is -4.06. The average Bonchev–Trinajstić information content (AvgIpc) is 3.18. The van der Waals surface area contributed by atoms with Crippen molar-refractivity contribution in [3.05, 3.63) is 90.1 Å². The van der Waals surface area contributed by atoms with Crippen molar-refractivity contribution in [2.75, 3.05) is 17.2 Å². The summed E-state index contributed by atoms with van der Waals surface area (Å²) in [5, 5.41) is 6.77. The van der Waals surface area contributed by atoms with Crippen molar-refractivity contribution in [2.45, 2.75) is 13.3 Å². The van der Waals surface area contributed by atoms with Crippen molar-refractivity contribution in [3.63, 3.8) is 0 Å². The van der Waals surface area contributed by atoms with Crippen LogP contribution in [0.15, 0.2) is 79.0 Å². The quantitative estimate of drug-likeness (QED) is 0.399. The molecule has 0 saturated carbocycles. The van der Waals surface area contributed by atoms with Gasteiger partial charge in [-0.15, -0.1) is 0 Å². The molecule has 0 unspecified atom stereocenters. The number of benzene rings is 3. The van der Waals surface area contributed by atoms with Crippen LogP contribution in [0.2, 0.25) is 0 Å². The molecule has 6 heteroatoms. The standard InChI is InChI=1S/C25H23N3O3/c1-2-31-21-13-11-20(12-14-21)28-25(30)17-7-9-19(10-8-17)27-24(29)15-18-16-26-23-6-4-3-5-22(18)23/h3-14,16,26H,2,15H2,1H3,(H,27,29)(H,28,30). The summed E-state index contributed by atoms with van der Waals surface area (Å²) in [7, 11) is 0. The zero-order valence-electron chi connectivity index (χ0n) is 17.1. The molecule has 4 aromatic rings. The molecular weight excluding hydrogens is 390 g/mol. The van der Waals surface area contributed by atoms with Gasteiger partial charge in [0, 0.05) is 34.0 Å². The van der Waals surface area contributed by atoms with Gasteiger partial charge in [-0.2, -0.15) is 0 Å². The Labute approximate surface area is 180 Å². The van der Waals surface area contributed by atoms with E-state index in [1.807, 2.05) is 49.5 Å². The van der Waals surface area contributed by atoms with Crippen LogP contribution in [-0.4, -0.2) is 23.4 Å². The van der Waals surface area contributed by atoms with Crippen molar-refractivity contribution in [1.29, 1.82) is 0 Å². The molecule has 156 valence electrons. The Morgan fingerprint density at radius 2 is 1.55 bits per heavy atom. The zero-order valence-corrected chi connectivity index (χ0v) is 17.1. The fourth-order valence-corrected chi connectivity index (χ4v) is 3.37. The van der Waals surface area contributed by atoms with E-state index in [1.54, 1.807) is 36.4 Å². The van der Waals surface area contributed by atoms with E-state index < -0.39 is 0 Å². The first-order valence-electron chi connectivity index (χ1n) is 10.1. The third-order valence-corrected chi connectivity index (χ3v) is 4.88. The minimum absolute atomic E-state index is 0.114. The van der Waals surface area contributed by atoms with E-state index in [9.17, 15) is 9.59 Å². The van der Waals surface area contributed by atoms with E-state index in [1.165, 1.54) is 0 Å². The second-order valence-corrected chi connectivity index (χ2v) is 7.07. The number of carbonyl (C=O) groups excluding carboxylic acids is 2. The predicted molar refractivity (Wildman–Crippen MR) is 123 cm³/mol. The number of carbonyl (C=O) groups is 2. The lowest BCUT2D eigenvalue weighted by atomic mass is 10.1. The maximum atomic E-state index is 12.5. The highest BCUT2D eigenvalue weighted by atomic mass is 16.5. The molecule has 0 spiro atoms. The monoisotopic (exact) mass is 413 g/mol. The lowest BCUT2D eigenvalue weighted by Gasteiger charge is -2.09. The normalized spacial score (nSPS) is 10.6. The van der Waals surface area contributed by atoms with E-state index in [2.05, 4.69) is 15.6 Å². The van der Waals surface area contributed by atoms with Crippen molar-refractivity contribution in [2.24, 2.45) is 0 Å². The largest absolute Gasteiger partial charge is 0.494 e. The van der Waals surface area contributed by atoms with Crippen LogP contribution in [0.5, 0.6) is 5.75 Å². The number of rotatable bonds is 7. The predicted octanol–water partition coefficient (Wildman–Crippen LogP) is 5.00. The van der Waals surface area contributed by atoms with Gasteiger partial charge in [0.05, 0.1) is 13.0 Å². The molecule has 0 atom stereocenters. The van der Waals surface area contributed by atoms with Gasteiger partial charge in [0.15, 0.2) is 0 Å². The molecule has 1 heterocycles. The third kappa shape index (κ3) is 4.93. The molecule has 0 radical (unpaired) electrons. The lowest BCUT2D eigenvalue weighted by molar-refractivity contribution is -0.115. The number of aromatic amines is 1. The number of nitrogens with one attached hydrogen (secondary N) is 3. The number of anilines is 2. The van der Waals surface area contributed by atoms with Gasteiger partial charge in [-0.05, 0) is 67.1 Å². The molecule has 4 rings (SSSR count). The van der Waals surface area contributed by atoms with Crippen LogP contribution in [0.25, 0.3) is 10.9 Å². The molecule has 0 aliphatic carbocycles. The fourth-order valence-electron chi connectivity index (χ4n) is 3.37. The van der Waals surface area contributed by atoms with Gasteiger partial charge in [-0.25, -0.2) is 0 Å². The number of hydrogen-bond donors (Lipinski definition) is 3. The number of H-pyrrole nitrogens is 1. The molecule has 3 N–H and O–H groups in total. The Kier molecular flexibility index (Phi) is 5.98. The number of amides is 2. The van der Waals surface area contributed by atoms with Crippen molar-refractivity contribution in [1.82, 2.24) is 4.98 Å². The van der Waals surface area contributed by atoms with E-state index in [0.717, 1.165) is 22.2 Å². The maximum absolute atomic E-state index is 12.5. The summed E-state index contributed by atoms with van der Waals surface area (Å²) >= 11 is 0. The second kappa shape index (κ2) is 9.17. The smallest absolute Gasteiger partial charge is 0.255 e. The van der Waals surface area contributed by atoms with Gasteiger partial charge in [0.2, 0.25) is 5.91 Å². The van der Waals surface area contributed by atoms with Gasteiger partial charge in [0.1, 0.15) is 5.75 Å². The lowest BCUT2D eigenvalue weighted by Crippen LogP contribution is -2.15. The number of fused-ring (bicyclic) bond motifs is 1. The van der Waals surface area contributed by atoms with Gasteiger partial charge in [-0.1, -0.05) is 18.2 Å². The topological polar surface area (TPSA) is 83.2 Å². The third-order valence-electron chi connectivity index (χ3n) is 4.88. The highest BCUT2D eigenvalue weighted by Crippen LogP contribution is 2.20. The molecule has 0 bridgehead atoms. The van der Waals surface area contributed by atoms with Crippen LogP contribution >= 0.6 is 0 Å². The molecule has 0 saturated heterocycles. The van der Waals surface area contributed by atoms with E-state index in [4.69, 9.17) is 4.74 Å². The summed E-state index contributed by atoms with van der Waals surface area (Å²) in [5.74, 6) is 0.422. The molecule has 0 aliphatic rings. The minimum atomic E-state index is -0.221. The molecule has 3 aromatic carbocycles. The number of ether oxygens (including phenoxy) is 1. The van der Waals surface area contributed by atoms with Crippen molar-refractivity contribution < 1.29 is 14.3 Å². The fraction of sp³-hybridized carbons (Fsp3) is 0.120. The molecule has 0 fully saturated rings. The first kappa shape index (κ1) is 20.2. The molecule has 6 nitrogen and oxygen atoms in total. The van der Waals surface area contributed by atoms with Crippen molar-refractivity contribution in [3.8, 4) is 5.75 Å². The highest BCUT2D eigenvalue weighted by Gasteiger charge is 2.10. The first-order chi connectivity index (χ1) is 15.1. The van der Waals surface area contributed by atoms with Gasteiger partial charge in [0.25, 0.3) is 5.91 Å². The van der Waals surface area contributed by atoms with Gasteiger partial charge in [-0.3, -0.25) is 9.59 Å². The summed E-state index contributed by atoms with van der Waals surface area (Å²) in [4.78, 5) is 28.1. The zero-order chi connectivity index (χ0) is 21.6. The average molecular weight is 413 g/mol. The van der Waals surface area contributed by atoms with Crippen LogP contribution < -0.4 is 15.4 Å². The van der Waals surface area contributed by atoms with Gasteiger partial charge < -0.3 is 20.4 Å².